The molecular formula is C21H21BrN4O3. The Labute approximate surface area is 177 Å². The van der Waals surface area contributed by atoms with E-state index in [-0.39, 0.29) is 5.91 Å². The Hall–Kier alpha value is -2.87. The third kappa shape index (κ3) is 3.48. The highest BCUT2D eigenvalue weighted by Gasteiger charge is 2.30. The molecule has 8 heteroatoms. The summed E-state index contributed by atoms with van der Waals surface area (Å²) in [5, 5.41) is 0. The lowest BCUT2D eigenvalue weighted by atomic mass is 10.1. The molecular weight excluding hydrogens is 436 g/mol. The average molecular weight is 457 g/mol. The number of methoxy groups -OCH3 is 1. The van der Waals surface area contributed by atoms with Gasteiger partial charge in [-0.2, -0.15) is 0 Å². The molecule has 1 amide bonds. The van der Waals surface area contributed by atoms with Gasteiger partial charge in [-0.25, -0.2) is 9.97 Å². The Kier molecular flexibility index (Phi) is 5.27. The Morgan fingerprint density at radius 3 is 2.48 bits per heavy atom. The summed E-state index contributed by atoms with van der Waals surface area (Å²) in [6.45, 7) is 3.58. The molecule has 150 valence electrons. The number of fused-ring (bicyclic) bond motifs is 2. The van der Waals surface area contributed by atoms with E-state index >= 15 is 0 Å². The summed E-state index contributed by atoms with van der Waals surface area (Å²) in [6, 6.07) is 11.1. The number of aromatic nitrogens is 2. The van der Waals surface area contributed by atoms with Gasteiger partial charge in [0.25, 0.3) is 5.91 Å². The summed E-state index contributed by atoms with van der Waals surface area (Å²) in [5.41, 5.74) is 2.05. The predicted molar refractivity (Wildman–Crippen MR) is 116 cm³/mol. The number of amides is 1. The first-order valence-electron chi connectivity index (χ1n) is 9.33. The SMILES string of the molecule is CCOc1c(Br)cc(C(=O)N2CCN(C)c3nc4ccccc4nc32)cc1OC. The molecule has 2 aromatic carbocycles. The van der Waals surface area contributed by atoms with Crippen molar-refractivity contribution in [2.45, 2.75) is 6.92 Å². The van der Waals surface area contributed by atoms with Crippen LogP contribution >= 0.6 is 15.9 Å². The highest BCUT2D eigenvalue weighted by molar-refractivity contribution is 9.10. The smallest absolute Gasteiger partial charge is 0.259 e. The molecule has 1 aliphatic heterocycles. The van der Waals surface area contributed by atoms with E-state index in [1.54, 1.807) is 24.1 Å². The number of benzene rings is 2. The lowest BCUT2D eigenvalue weighted by Gasteiger charge is -2.33. The molecule has 2 heterocycles. The topological polar surface area (TPSA) is 67.8 Å². The second kappa shape index (κ2) is 7.87. The molecule has 1 aliphatic rings. The Morgan fingerprint density at radius 1 is 1.14 bits per heavy atom. The maximum Gasteiger partial charge on any atom is 0.259 e. The Balaban J connectivity index is 1.78. The molecule has 3 aromatic rings. The molecule has 1 aromatic heterocycles. The van der Waals surface area contributed by atoms with Crippen LogP contribution < -0.4 is 19.3 Å². The first-order chi connectivity index (χ1) is 14.0. The number of rotatable bonds is 4. The van der Waals surface area contributed by atoms with E-state index < -0.39 is 0 Å². The van der Waals surface area contributed by atoms with Crippen molar-refractivity contribution in [2.24, 2.45) is 0 Å². The summed E-state index contributed by atoms with van der Waals surface area (Å²) < 4.78 is 11.7. The van der Waals surface area contributed by atoms with Crippen molar-refractivity contribution >= 4 is 44.5 Å². The van der Waals surface area contributed by atoms with Gasteiger partial charge >= 0.3 is 0 Å². The van der Waals surface area contributed by atoms with Gasteiger partial charge in [-0.15, -0.1) is 0 Å². The first-order valence-corrected chi connectivity index (χ1v) is 10.1. The van der Waals surface area contributed by atoms with Crippen molar-refractivity contribution in [2.75, 3.05) is 43.7 Å². The van der Waals surface area contributed by atoms with Crippen LogP contribution in [0.15, 0.2) is 40.9 Å². The monoisotopic (exact) mass is 456 g/mol. The maximum absolute atomic E-state index is 13.4. The zero-order chi connectivity index (χ0) is 20.5. The second-order valence-electron chi connectivity index (χ2n) is 6.66. The predicted octanol–water partition coefficient (Wildman–Crippen LogP) is 3.90. The normalized spacial score (nSPS) is 13.4. The van der Waals surface area contributed by atoms with E-state index in [0.29, 0.717) is 52.9 Å². The number of carbonyl (C=O) groups is 1. The van der Waals surface area contributed by atoms with Gasteiger partial charge in [-0.05, 0) is 47.1 Å². The van der Waals surface area contributed by atoms with Crippen LogP contribution in [0.2, 0.25) is 0 Å². The molecule has 0 saturated heterocycles. The number of carbonyl (C=O) groups excluding carboxylic acids is 1. The van der Waals surface area contributed by atoms with Crippen LogP contribution in [0.4, 0.5) is 11.6 Å². The van der Waals surface area contributed by atoms with E-state index in [0.717, 1.165) is 11.0 Å². The van der Waals surface area contributed by atoms with E-state index in [9.17, 15) is 4.79 Å². The van der Waals surface area contributed by atoms with Crippen molar-refractivity contribution < 1.29 is 14.3 Å². The minimum Gasteiger partial charge on any atom is -0.493 e. The molecule has 7 nitrogen and oxygen atoms in total. The molecule has 0 atom stereocenters. The molecule has 0 radical (unpaired) electrons. The lowest BCUT2D eigenvalue weighted by molar-refractivity contribution is 0.0985. The molecule has 4 rings (SSSR count). The molecule has 0 aliphatic carbocycles. The van der Waals surface area contributed by atoms with Crippen molar-refractivity contribution in [3.63, 3.8) is 0 Å². The van der Waals surface area contributed by atoms with Crippen LogP contribution in [0.1, 0.15) is 17.3 Å². The van der Waals surface area contributed by atoms with Gasteiger partial charge in [0.15, 0.2) is 23.1 Å². The number of hydrogen-bond acceptors (Lipinski definition) is 6. The van der Waals surface area contributed by atoms with Crippen LogP contribution in [0, 0.1) is 0 Å². The molecule has 0 unspecified atom stereocenters. The fourth-order valence-corrected chi connectivity index (χ4v) is 3.92. The number of likely N-dealkylation sites (N-methyl/N-ethyl adjacent to an activating group) is 1. The maximum atomic E-state index is 13.4. The van der Waals surface area contributed by atoms with Crippen LogP contribution in [-0.2, 0) is 0 Å². The number of ether oxygens (including phenoxy) is 2. The lowest BCUT2D eigenvalue weighted by Crippen LogP contribution is -2.43. The summed E-state index contributed by atoms with van der Waals surface area (Å²) >= 11 is 3.49. The third-order valence-electron chi connectivity index (χ3n) is 4.82. The van der Waals surface area contributed by atoms with Crippen LogP contribution in [-0.4, -0.2) is 49.7 Å². The zero-order valence-electron chi connectivity index (χ0n) is 16.5. The molecule has 0 fully saturated rings. The van der Waals surface area contributed by atoms with Gasteiger partial charge in [0.2, 0.25) is 0 Å². The third-order valence-corrected chi connectivity index (χ3v) is 5.41. The fraction of sp³-hybridized carbons (Fsp3) is 0.286. The Morgan fingerprint density at radius 2 is 1.83 bits per heavy atom. The van der Waals surface area contributed by atoms with Crippen molar-refractivity contribution in [3.8, 4) is 11.5 Å². The van der Waals surface area contributed by atoms with Gasteiger partial charge in [-0.1, -0.05) is 12.1 Å². The summed E-state index contributed by atoms with van der Waals surface area (Å²) in [6.07, 6.45) is 0. The molecule has 29 heavy (non-hydrogen) atoms. The Bertz CT molecular complexity index is 1090. The first kappa shape index (κ1) is 19.4. The van der Waals surface area contributed by atoms with Gasteiger partial charge < -0.3 is 14.4 Å². The fourth-order valence-electron chi connectivity index (χ4n) is 3.36. The number of nitrogens with zero attached hydrogens (tertiary/aromatic N) is 4. The standard InChI is InChI=1S/C21H21BrN4O3/c1-4-29-18-14(22)11-13(12-17(18)28-3)21(27)26-10-9-25(2)19-20(26)24-16-8-6-5-7-15(16)23-19/h5-8,11-12H,4,9-10H2,1-3H3. The van der Waals surface area contributed by atoms with E-state index in [1.165, 1.54) is 0 Å². The highest BCUT2D eigenvalue weighted by atomic mass is 79.9. The van der Waals surface area contributed by atoms with Gasteiger partial charge in [0.05, 0.1) is 29.2 Å². The molecule has 0 bridgehead atoms. The zero-order valence-corrected chi connectivity index (χ0v) is 18.1. The number of halogens is 1. The van der Waals surface area contributed by atoms with Crippen LogP contribution in [0.3, 0.4) is 0 Å². The number of anilines is 2. The van der Waals surface area contributed by atoms with E-state index in [4.69, 9.17) is 19.4 Å². The highest BCUT2D eigenvalue weighted by Crippen LogP contribution is 2.38. The van der Waals surface area contributed by atoms with E-state index in [2.05, 4.69) is 15.9 Å². The molecule has 0 spiro atoms. The molecule has 0 saturated carbocycles. The number of hydrogen-bond donors (Lipinski definition) is 0. The summed E-state index contributed by atoms with van der Waals surface area (Å²) in [5.74, 6) is 2.18. The van der Waals surface area contributed by atoms with Crippen LogP contribution in [0.5, 0.6) is 11.5 Å². The van der Waals surface area contributed by atoms with Crippen molar-refractivity contribution in [1.82, 2.24) is 9.97 Å². The number of para-hydroxylation sites is 2. The largest absolute Gasteiger partial charge is 0.493 e. The molecule has 0 N–H and O–H groups in total. The minimum absolute atomic E-state index is 0.161. The average Bonchev–Trinajstić information content (AvgIpc) is 2.74. The minimum atomic E-state index is -0.161. The summed E-state index contributed by atoms with van der Waals surface area (Å²) in [4.78, 5) is 26.6. The quantitative estimate of drug-likeness (QED) is 0.592. The second-order valence-corrected chi connectivity index (χ2v) is 7.51. The summed E-state index contributed by atoms with van der Waals surface area (Å²) in [7, 11) is 3.52. The van der Waals surface area contributed by atoms with Crippen LogP contribution in [0.25, 0.3) is 11.0 Å². The van der Waals surface area contributed by atoms with Crippen molar-refractivity contribution in [3.05, 3.63) is 46.4 Å². The van der Waals surface area contributed by atoms with Gasteiger partial charge in [0.1, 0.15) is 0 Å². The van der Waals surface area contributed by atoms with E-state index in [1.807, 2.05) is 43.1 Å². The van der Waals surface area contributed by atoms with Gasteiger partial charge in [-0.3, -0.25) is 9.69 Å². The van der Waals surface area contributed by atoms with Gasteiger partial charge in [0, 0.05) is 25.7 Å². The van der Waals surface area contributed by atoms with Crippen molar-refractivity contribution in [1.29, 1.82) is 0 Å².